The van der Waals surface area contributed by atoms with Crippen LogP contribution in [0.25, 0.3) is 11.3 Å². The van der Waals surface area contributed by atoms with E-state index in [1.54, 1.807) is 0 Å². The molecule has 1 aromatic carbocycles. The van der Waals surface area contributed by atoms with Crippen molar-refractivity contribution in [1.29, 1.82) is 0 Å². The number of carboxylic acid groups (broad SMARTS) is 1. The van der Waals surface area contributed by atoms with Gasteiger partial charge in [-0.05, 0) is 31.7 Å². The van der Waals surface area contributed by atoms with Crippen molar-refractivity contribution >= 4 is 17.7 Å². The Morgan fingerprint density at radius 3 is 2.67 bits per heavy atom. The van der Waals surface area contributed by atoms with Crippen molar-refractivity contribution in [3.05, 3.63) is 36.5 Å². The van der Waals surface area contributed by atoms with E-state index >= 15 is 0 Å². The second kappa shape index (κ2) is 5.56. The van der Waals surface area contributed by atoms with Gasteiger partial charge in [0.15, 0.2) is 5.16 Å². The number of aliphatic carboxylic acids is 1. The van der Waals surface area contributed by atoms with Gasteiger partial charge in [-0.2, -0.15) is 0 Å². The van der Waals surface area contributed by atoms with Gasteiger partial charge in [0.05, 0.1) is 17.6 Å². The van der Waals surface area contributed by atoms with Crippen LogP contribution in [-0.4, -0.2) is 26.4 Å². The Morgan fingerprint density at radius 2 is 2.10 bits per heavy atom. The van der Waals surface area contributed by atoms with Crippen LogP contribution in [-0.2, 0) is 10.3 Å². The Kier molecular flexibility index (Phi) is 3.76. The molecule has 4 nitrogen and oxygen atoms in total. The van der Waals surface area contributed by atoms with E-state index in [9.17, 15) is 4.79 Å². The zero-order valence-corrected chi connectivity index (χ0v) is 12.8. The van der Waals surface area contributed by atoms with Gasteiger partial charge in [0.1, 0.15) is 0 Å². The number of hydrogen-bond donors (Lipinski definition) is 1. The molecule has 21 heavy (non-hydrogen) atoms. The molecule has 0 spiro atoms. The summed E-state index contributed by atoms with van der Waals surface area (Å²) in [7, 11) is 0. The van der Waals surface area contributed by atoms with Crippen LogP contribution in [0.4, 0.5) is 0 Å². The monoisotopic (exact) mass is 302 g/mol. The smallest absolute Gasteiger partial charge is 0.313 e. The molecule has 3 rings (SSSR count). The number of thioether (sulfide) groups is 1. The van der Waals surface area contributed by atoms with E-state index in [1.807, 2.05) is 24.4 Å². The molecule has 0 atom stereocenters. The van der Waals surface area contributed by atoms with Crippen LogP contribution in [0, 0.1) is 0 Å². The van der Waals surface area contributed by atoms with Gasteiger partial charge in [0.2, 0.25) is 0 Å². The number of aromatic nitrogens is 2. The molecular weight excluding hydrogens is 284 g/mol. The summed E-state index contributed by atoms with van der Waals surface area (Å²) in [4.78, 5) is 15.3. The van der Waals surface area contributed by atoms with Gasteiger partial charge in [-0.3, -0.25) is 4.79 Å². The number of nitrogens with zero attached hydrogens (tertiary/aromatic N) is 2. The zero-order valence-electron chi connectivity index (χ0n) is 12.0. The molecule has 2 aromatic rings. The van der Waals surface area contributed by atoms with Gasteiger partial charge in [0.25, 0.3) is 0 Å². The highest BCUT2D eigenvalue weighted by Gasteiger charge is 2.37. The molecule has 1 aliphatic carbocycles. The highest BCUT2D eigenvalue weighted by molar-refractivity contribution is 7.99. The Morgan fingerprint density at radius 1 is 1.38 bits per heavy atom. The highest BCUT2D eigenvalue weighted by Crippen LogP contribution is 2.44. The Balaban J connectivity index is 2.02. The minimum Gasteiger partial charge on any atom is -0.481 e. The molecule has 0 bridgehead atoms. The van der Waals surface area contributed by atoms with E-state index in [0.717, 1.165) is 29.3 Å². The third-order valence-electron chi connectivity index (χ3n) is 4.09. The fourth-order valence-electron chi connectivity index (χ4n) is 2.81. The minimum atomic E-state index is -0.811. The lowest BCUT2D eigenvalue weighted by Gasteiger charge is -2.41. The van der Waals surface area contributed by atoms with E-state index in [1.165, 1.54) is 18.2 Å². The lowest BCUT2D eigenvalue weighted by molar-refractivity contribution is -0.133. The van der Waals surface area contributed by atoms with Crippen LogP contribution in [0.15, 0.2) is 41.7 Å². The first-order valence-corrected chi connectivity index (χ1v) is 8.07. The largest absolute Gasteiger partial charge is 0.481 e. The van der Waals surface area contributed by atoms with Gasteiger partial charge < -0.3 is 9.67 Å². The van der Waals surface area contributed by atoms with E-state index < -0.39 is 5.97 Å². The molecular formula is C16H18N2O2S. The molecule has 1 aliphatic rings. The van der Waals surface area contributed by atoms with Crippen LogP contribution in [0.5, 0.6) is 0 Å². The number of hydrogen-bond acceptors (Lipinski definition) is 3. The molecule has 0 unspecified atom stereocenters. The van der Waals surface area contributed by atoms with E-state index in [0.29, 0.717) is 0 Å². The van der Waals surface area contributed by atoms with Crippen LogP contribution >= 0.6 is 11.8 Å². The van der Waals surface area contributed by atoms with E-state index in [-0.39, 0.29) is 11.3 Å². The van der Waals surface area contributed by atoms with E-state index in [4.69, 9.17) is 5.11 Å². The predicted molar refractivity (Wildman–Crippen MR) is 83.5 cm³/mol. The summed E-state index contributed by atoms with van der Waals surface area (Å²) in [5.41, 5.74) is 2.26. The van der Waals surface area contributed by atoms with Crippen LogP contribution < -0.4 is 0 Å². The fourth-order valence-corrected chi connectivity index (χ4v) is 3.64. The first kappa shape index (κ1) is 14.2. The molecule has 1 aromatic heterocycles. The first-order chi connectivity index (χ1) is 10.1. The molecule has 5 heteroatoms. The van der Waals surface area contributed by atoms with Gasteiger partial charge in [-0.15, -0.1) is 0 Å². The van der Waals surface area contributed by atoms with Gasteiger partial charge in [0, 0.05) is 5.54 Å². The standard InChI is InChI=1S/C16H18N2O2S/c1-16(8-5-9-16)18-13(12-6-3-2-4-7-12)10-17-15(18)21-11-14(19)20/h2-4,6-7,10H,5,8-9,11H2,1H3,(H,19,20). The minimum absolute atomic E-state index is 0.0430. The fraction of sp³-hybridized carbons (Fsp3) is 0.375. The van der Waals surface area contributed by atoms with Crippen molar-refractivity contribution in [2.45, 2.75) is 36.9 Å². The lowest BCUT2D eigenvalue weighted by atomic mass is 9.78. The molecule has 110 valence electrons. The summed E-state index contributed by atoms with van der Waals surface area (Å²) in [6, 6.07) is 10.2. The molecule has 0 radical (unpaired) electrons. The number of carbonyl (C=O) groups is 1. The molecule has 0 saturated heterocycles. The predicted octanol–water partition coefficient (Wildman–Crippen LogP) is 3.63. The maximum Gasteiger partial charge on any atom is 0.313 e. The zero-order chi connectivity index (χ0) is 14.9. The summed E-state index contributed by atoms with van der Waals surface area (Å²) in [6.45, 7) is 2.23. The topological polar surface area (TPSA) is 55.1 Å². The van der Waals surface area contributed by atoms with Crippen molar-refractivity contribution in [3.8, 4) is 11.3 Å². The van der Waals surface area contributed by atoms with Crippen molar-refractivity contribution < 1.29 is 9.90 Å². The third kappa shape index (κ3) is 2.70. The normalized spacial score (nSPS) is 16.4. The molecule has 1 heterocycles. The molecule has 1 saturated carbocycles. The molecule has 1 fully saturated rings. The lowest BCUT2D eigenvalue weighted by Crippen LogP contribution is -2.38. The average molecular weight is 302 g/mol. The second-order valence-corrected chi connectivity index (χ2v) is 6.60. The van der Waals surface area contributed by atoms with Gasteiger partial charge in [-0.1, -0.05) is 42.1 Å². The summed E-state index contributed by atoms with van der Waals surface area (Å²) < 4.78 is 2.24. The Hall–Kier alpha value is -1.75. The highest BCUT2D eigenvalue weighted by atomic mass is 32.2. The van der Waals surface area contributed by atoms with Crippen LogP contribution in [0.3, 0.4) is 0 Å². The van der Waals surface area contributed by atoms with Gasteiger partial charge >= 0.3 is 5.97 Å². The first-order valence-electron chi connectivity index (χ1n) is 7.08. The SMILES string of the molecule is CC1(n2c(-c3ccccc3)cnc2SCC(=O)O)CCC1. The molecule has 1 N–H and O–H groups in total. The number of benzene rings is 1. The van der Waals surface area contributed by atoms with Gasteiger partial charge in [-0.25, -0.2) is 4.98 Å². The number of imidazole rings is 1. The third-order valence-corrected chi connectivity index (χ3v) is 5.03. The van der Waals surface area contributed by atoms with Crippen molar-refractivity contribution in [2.75, 3.05) is 5.75 Å². The quantitative estimate of drug-likeness (QED) is 0.857. The summed E-state index contributed by atoms with van der Waals surface area (Å²) in [5.74, 6) is -0.768. The second-order valence-electron chi connectivity index (χ2n) is 5.66. The average Bonchev–Trinajstić information content (AvgIpc) is 2.87. The summed E-state index contributed by atoms with van der Waals surface area (Å²) >= 11 is 1.30. The van der Waals surface area contributed by atoms with Crippen molar-refractivity contribution in [3.63, 3.8) is 0 Å². The summed E-state index contributed by atoms with van der Waals surface area (Å²) in [6.07, 6.45) is 5.31. The molecule has 0 amide bonds. The van der Waals surface area contributed by atoms with Crippen molar-refractivity contribution in [2.24, 2.45) is 0 Å². The number of rotatable bonds is 5. The van der Waals surface area contributed by atoms with Crippen molar-refractivity contribution in [1.82, 2.24) is 9.55 Å². The van der Waals surface area contributed by atoms with E-state index in [2.05, 4.69) is 28.6 Å². The molecule has 0 aliphatic heterocycles. The Bertz CT molecular complexity index is 648. The van der Waals surface area contributed by atoms with Crippen LogP contribution in [0.1, 0.15) is 26.2 Å². The van der Waals surface area contributed by atoms with Crippen LogP contribution in [0.2, 0.25) is 0 Å². The Labute approximate surface area is 128 Å². The number of carboxylic acids is 1. The maximum absolute atomic E-state index is 10.8. The summed E-state index contributed by atoms with van der Waals surface area (Å²) in [5, 5.41) is 9.71. The maximum atomic E-state index is 10.8.